The lowest BCUT2D eigenvalue weighted by atomic mass is 9.71. The van der Waals surface area contributed by atoms with Crippen LogP contribution in [0.15, 0.2) is 231 Å². The minimum absolute atomic E-state index is 0.652. The first-order chi connectivity index (χ1) is 32.8. The van der Waals surface area contributed by atoms with Crippen molar-refractivity contribution >= 4 is 32.4 Å². The van der Waals surface area contributed by atoms with Gasteiger partial charge in [-0.05, 0) is 60.2 Å². The SMILES string of the molecule is CO[C@]1(C)O[C@@H]2[C@@H](O[C@@]1(C)OC)C(c1ccccc1)(c1ccccc1)OP(Oc1c(-c3ccccc3)cccc1P(c1ccccc1)c1ccccc1)OC2(c1ccccc1)c1ccccc1. The molecular formula is C58H52O7P2. The molecule has 0 spiro atoms. The molecule has 2 heterocycles. The van der Waals surface area contributed by atoms with Crippen LogP contribution in [0.1, 0.15) is 36.1 Å². The number of fused-ring (bicyclic) bond motifs is 1. The van der Waals surface area contributed by atoms with Crippen molar-refractivity contribution in [2.75, 3.05) is 14.2 Å². The van der Waals surface area contributed by atoms with Gasteiger partial charge in [0.05, 0.1) is 0 Å². The van der Waals surface area contributed by atoms with Crippen LogP contribution in [0.4, 0.5) is 0 Å². The van der Waals surface area contributed by atoms with Gasteiger partial charge in [-0.3, -0.25) is 9.05 Å². The van der Waals surface area contributed by atoms with Crippen molar-refractivity contribution in [3.8, 4) is 16.9 Å². The van der Waals surface area contributed by atoms with Crippen LogP contribution in [-0.4, -0.2) is 38.0 Å². The zero-order valence-electron chi connectivity index (χ0n) is 37.8. The van der Waals surface area contributed by atoms with Crippen LogP contribution >= 0.6 is 16.5 Å². The molecule has 8 aromatic carbocycles. The monoisotopic (exact) mass is 922 g/mol. The Morgan fingerprint density at radius 1 is 0.418 bits per heavy atom. The second-order valence-electron chi connectivity index (χ2n) is 16.8. The summed E-state index contributed by atoms with van der Waals surface area (Å²) in [5.74, 6) is -2.26. The van der Waals surface area contributed by atoms with E-state index in [9.17, 15) is 0 Å². The van der Waals surface area contributed by atoms with Crippen molar-refractivity contribution < 1.29 is 32.5 Å². The molecule has 10 rings (SSSR count). The van der Waals surface area contributed by atoms with Gasteiger partial charge in [0.1, 0.15) is 18.0 Å². The number of hydrogen-bond acceptors (Lipinski definition) is 7. The molecule has 8 aromatic rings. The Balaban J connectivity index is 1.31. The second-order valence-corrected chi connectivity index (χ2v) is 20.0. The van der Waals surface area contributed by atoms with Crippen molar-refractivity contribution in [3.63, 3.8) is 0 Å². The molecule has 4 atom stereocenters. The number of benzene rings is 8. The third-order valence-corrected chi connectivity index (χ3v) is 16.8. The van der Waals surface area contributed by atoms with Gasteiger partial charge in [-0.2, -0.15) is 0 Å². The first-order valence-corrected chi connectivity index (χ1v) is 24.9. The van der Waals surface area contributed by atoms with Crippen molar-refractivity contribution in [2.45, 2.75) is 48.8 Å². The van der Waals surface area contributed by atoms with E-state index in [2.05, 4.69) is 152 Å². The van der Waals surface area contributed by atoms with Gasteiger partial charge in [0.25, 0.3) is 0 Å². The van der Waals surface area contributed by atoms with Gasteiger partial charge in [0.2, 0.25) is 11.6 Å². The summed E-state index contributed by atoms with van der Waals surface area (Å²) in [6.45, 7) is 3.70. The van der Waals surface area contributed by atoms with Crippen molar-refractivity contribution in [1.82, 2.24) is 0 Å². The Morgan fingerprint density at radius 3 is 1.12 bits per heavy atom. The number of rotatable bonds is 12. The predicted molar refractivity (Wildman–Crippen MR) is 268 cm³/mol. The molecule has 0 N–H and O–H groups in total. The smallest absolute Gasteiger partial charge is 0.399 e. The highest BCUT2D eigenvalue weighted by atomic mass is 31.2. The van der Waals surface area contributed by atoms with Crippen LogP contribution in [0.2, 0.25) is 0 Å². The number of hydrogen-bond donors (Lipinski definition) is 0. The maximum absolute atomic E-state index is 7.95. The Hall–Kier alpha value is -5.82. The molecule has 2 fully saturated rings. The molecule has 0 bridgehead atoms. The number of ether oxygens (including phenoxy) is 4. The molecule has 2 saturated heterocycles. The van der Waals surface area contributed by atoms with E-state index in [1.54, 1.807) is 14.2 Å². The molecule has 67 heavy (non-hydrogen) atoms. The molecule has 336 valence electrons. The maximum Gasteiger partial charge on any atom is 0.399 e. The minimum Gasteiger partial charge on any atom is -0.425 e. The summed E-state index contributed by atoms with van der Waals surface area (Å²) < 4.78 is 51.5. The van der Waals surface area contributed by atoms with Crippen LogP contribution in [0.25, 0.3) is 11.1 Å². The highest BCUT2D eigenvalue weighted by molar-refractivity contribution is 7.80. The molecule has 7 nitrogen and oxygen atoms in total. The van der Waals surface area contributed by atoms with Crippen molar-refractivity contribution in [2.24, 2.45) is 0 Å². The van der Waals surface area contributed by atoms with Gasteiger partial charge in [-0.15, -0.1) is 0 Å². The van der Waals surface area contributed by atoms with Crippen LogP contribution in [0, 0.1) is 0 Å². The highest BCUT2D eigenvalue weighted by Gasteiger charge is 2.70. The molecule has 2 aliphatic rings. The minimum atomic E-state index is -2.47. The lowest BCUT2D eigenvalue weighted by Crippen LogP contribution is -2.72. The molecule has 0 amide bonds. The van der Waals surface area contributed by atoms with Crippen LogP contribution in [0.5, 0.6) is 5.75 Å². The van der Waals surface area contributed by atoms with Crippen molar-refractivity contribution in [3.05, 3.63) is 253 Å². The molecule has 0 radical (unpaired) electrons. The van der Waals surface area contributed by atoms with Gasteiger partial charge in [0, 0.05) is 25.1 Å². The van der Waals surface area contributed by atoms with E-state index in [-0.39, 0.29) is 0 Å². The van der Waals surface area contributed by atoms with E-state index in [4.69, 9.17) is 32.5 Å². The summed E-state index contributed by atoms with van der Waals surface area (Å²) in [6.07, 6.45) is -1.95. The first-order valence-electron chi connectivity index (χ1n) is 22.5. The van der Waals surface area contributed by atoms with E-state index in [0.29, 0.717) is 5.75 Å². The second kappa shape index (κ2) is 19.1. The third-order valence-electron chi connectivity index (χ3n) is 13.1. The fourth-order valence-electron chi connectivity index (χ4n) is 9.52. The molecule has 2 aliphatic heterocycles. The van der Waals surface area contributed by atoms with Gasteiger partial charge >= 0.3 is 8.60 Å². The summed E-state index contributed by atoms with van der Waals surface area (Å²) in [6, 6.07) is 78.8. The van der Waals surface area contributed by atoms with E-state index in [0.717, 1.165) is 38.7 Å². The third kappa shape index (κ3) is 8.04. The highest BCUT2D eigenvalue weighted by Crippen LogP contribution is 2.65. The summed E-state index contributed by atoms with van der Waals surface area (Å²) >= 11 is 0. The summed E-state index contributed by atoms with van der Waals surface area (Å²) in [7, 11) is -0.430. The van der Waals surface area contributed by atoms with E-state index < -0.39 is 51.5 Å². The molecule has 0 unspecified atom stereocenters. The van der Waals surface area contributed by atoms with Crippen LogP contribution < -0.4 is 20.4 Å². The fourth-order valence-corrected chi connectivity index (χ4v) is 13.5. The molecule has 9 heteroatoms. The molecule has 0 saturated carbocycles. The summed E-state index contributed by atoms with van der Waals surface area (Å²) in [5, 5.41) is 3.35. The average molecular weight is 923 g/mol. The molecular weight excluding hydrogens is 871 g/mol. The largest absolute Gasteiger partial charge is 0.425 e. The Morgan fingerprint density at radius 2 is 0.761 bits per heavy atom. The van der Waals surface area contributed by atoms with E-state index in [1.165, 1.54) is 10.6 Å². The predicted octanol–water partition coefficient (Wildman–Crippen LogP) is 12.2. The van der Waals surface area contributed by atoms with E-state index >= 15 is 0 Å². The van der Waals surface area contributed by atoms with Crippen molar-refractivity contribution in [1.29, 1.82) is 0 Å². The van der Waals surface area contributed by atoms with Crippen LogP contribution in [-0.2, 0) is 39.2 Å². The van der Waals surface area contributed by atoms with Gasteiger partial charge < -0.3 is 23.5 Å². The first kappa shape index (κ1) is 45.0. The molecule has 0 aromatic heterocycles. The number of methoxy groups -OCH3 is 2. The van der Waals surface area contributed by atoms with Gasteiger partial charge in [-0.1, -0.05) is 231 Å². The number of para-hydroxylation sites is 1. The van der Waals surface area contributed by atoms with E-state index in [1.807, 2.05) is 92.7 Å². The lowest BCUT2D eigenvalue weighted by Gasteiger charge is -2.57. The van der Waals surface area contributed by atoms with Crippen LogP contribution in [0.3, 0.4) is 0 Å². The average Bonchev–Trinajstić information content (AvgIpc) is 3.51. The normalized spacial score (nSPS) is 22.3. The Labute approximate surface area is 396 Å². The maximum atomic E-state index is 7.95. The Bertz CT molecular complexity index is 2630. The topological polar surface area (TPSA) is 64.6 Å². The Kier molecular flexibility index (Phi) is 12.8. The summed E-state index contributed by atoms with van der Waals surface area (Å²) in [4.78, 5) is 0. The van der Waals surface area contributed by atoms with Gasteiger partial charge in [0.15, 0.2) is 11.2 Å². The summed E-state index contributed by atoms with van der Waals surface area (Å²) in [5.41, 5.74) is 2.21. The zero-order chi connectivity index (χ0) is 45.9. The lowest BCUT2D eigenvalue weighted by molar-refractivity contribution is -0.465. The zero-order valence-corrected chi connectivity index (χ0v) is 39.6. The quantitative estimate of drug-likeness (QED) is 0.113. The van der Waals surface area contributed by atoms with Gasteiger partial charge in [-0.25, -0.2) is 0 Å². The standard InChI is InChI=1S/C58H52O7P2/c1-55(59-3)56(2,60-4)62-54-53(61-55)57(44-29-14-6-15-30-44,45-31-16-7-17-32-45)64-67(65-58(54,46-33-18-8-19-34-46)47-35-20-9-21-36-47)63-52-50(43-27-12-5-13-28-43)41-26-42-51(52)66(48-37-22-10-23-38-48)49-39-24-11-25-40-49/h5-42,53-54H,1-4H3/t53-,54-,55-,56-/m1/s1. The fraction of sp³-hybridized carbons (Fsp3) is 0.172. The molecule has 0 aliphatic carbocycles.